The summed E-state index contributed by atoms with van der Waals surface area (Å²) in [5.41, 5.74) is 0.536. The number of H-pyrrole nitrogens is 1. The van der Waals surface area contributed by atoms with Crippen LogP contribution in [0.5, 0.6) is 0 Å². The molecule has 0 saturated carbocycles. The lowest BCUT2D eigenvalue weighted by Crippen LogP contribution is -2.26. The van der Waals surface area contributed by atoms with E-state index in [1.54, 1.807) is 4.90 Å². The number of alkyl halides is 1. The number of anilines is 1. The molecule has 18 heavy (non-hydrogen) atoms. The highest BCUT2D eigenvalue weighted by molar-refractivity contribution is 9.10. The van der Waals surface area contributed by atoms with Gasteiger partial charge in [-0.15, -0.1) is 11.6 Å². The Balaban J connectivity index is 2.09. The number of rotatable bonds is 2. The standard InChI is InChI=1S/C10H9BrClN5O/c11-8-7-9(16-15-8)13-4-14-10(7)17-3-5(2-12)1-6(17)18/h4-5H,1-3H2,(H,13,14,15,16). The van der Waals surface area contributed by atoms with E-state index in [0.717, 1.165) is 5.39 Å². The van der Waals surface area contributed by atoms with Gasteiger partial charge in [-0.3, -0.25) is 14.8 Å². The average Bonchev–Trinajstić information content (AvgIpc) is 2.93. The van der Waals surface area contributed by atoms with Gasteiger partial charge in [0.2, 0.25) is 5.91 Å². The minimum absolute atomic E-state index is 0.0359. The number of fused-ring (bicyclic) bond motifs is 1. The summed E-state index contributed by atoms with van der Waals surface area (Å²) in [6, 6.07) is 0. The molecule has 2 aromatic heterocycles. The number of aromatic amines is 1. The number of halogens is 2. The quantitative estimate of drug-likeness (QED) is 0.851. The SMILES string of the molecule is O=C1CC(CCl)CN1c1ncnc2n[nH]c(Br)c12. The molecule has 3 heterocycles. The first kappa shape index (κ1) is 11.9. The maximum absolute atomic E-state index is 12.0. The molecule has 1 fully saturated rings. The van der Waals surface area contributed by atoms with Crippen molar-refractivity contribution in [3.8, 4) is 0 Å². The second-order valence-corrected chi connectivity index (χ2v) is 5.26. The summed E-state index contributed by atoms with van der Waals surface area (Å²) in [6.07, 6.45) is 1.87. The van der Waals surface area contributed by atoms with E-state index in [0.29, 0.717) is 34.9 Å². The molecule has 1 atom stereocenters. The van der Waals surface area contributed by atoms with E-state index in [1.807, 2.05) is 0 Å². The van der Waals surface area contributed by atoms with Gasteiger partial charge in [-0.25, -0.2) is 9.97 Å². The lowest BCUT2D eigenvalue weighted by molar-refractivity contribution is -0.117. The van der Waals surface area contributed by atoms with Crippen molar-refractivity contribution in [3.05, 3.63) is 10.9 Å². The van der Waals surface area contributed by atoms with Crippen molar-refractivity contribution in [1.82, 2.24) is 20.2 Å². The molecule has 1 aliphatic heterocycles. The van der Waals surface area contributed by atoms with E-state index >= 15 is 0 Å². The van der Waals surface area contributed by atoms with Crippen LogP contribution in [0, 0.1) is 5.92 Å². The van der Waals surface area contributed by atoms with Crippen molar-refractivity contribution in [2.45, 2.75) is 6.42 Å². The molecule has 1 aliphatic rings. The van der Waals surface area contributed by atoms with Crippen LogP contribution in [-0.2, 0) is 4.79 Å². The first-order valence-electron chi connectivity index (χ1n) is 5.41. The molecule has 0 radical (unpaired) electrons. The molecule has 3 rings (SSSR count). The van der Waals surface area contributed by atoms with Gasteiger partial charge < -0.3 is 0 Å². The van der Waals surface area contributed by atoms with Gasteiger partial charge in [-0.1, -0.05) is 0 Å². The van der Waals surface area contributed by atoms with Crippen LogP contribution in [0.2, 0.25) is 0 Å². The number of nitrogens with zero attached hydrogens (tertiary/aromatic N) is 4. The molecular formula is C10H9BrClN5O. The molecule has 94 valence electrons. The van der Waals surface area contributed by atoms with Gasteiger partial charge in [0, 0.05) is 18.8 Å². The zero-order valence-corrected chi connectivity index (χ0v) is 11.6. The molecule has 2 aromatic rings. The minimum atomic E-state index is 0.0359. The van der Waals surface area contributed by atoms with Crippen LogP contribution >= 0.6 is 27.5 Å². The van der Waals surface area contributed by atoms with Gasteiger partial charge in [-0.05, 0) is 21.8 Å². The normalized spacial score (nSPS) is 20.0. The molecule has 0 spiro atoms. The zero-order chi connectivity index (χ0) is 12.7. The highest BCUT2D eigenvalue weighted by atomic mass is 79.9. The van der Waals surface area contributed by atoms with Crippen LogP contribution in [0.1, 0.15) is 6.42 Å². The van der Waals surface area contributed by atoms with Crippen LogP contribution < -0.4 is 4.90 Å². The van der Waals surface area contributed by atoms with Gasteiger partial charge in [-0.2, -0.15) is 5.10 Å². The molecule has 6 nitrogen and oxygen atoms in total. The fourth-order valence-electron chi connectivity index (χ4n) is 2.10. The summed E-state index contributed by atoms with van der Waals surface area (Å²) in [4.78, 5) is 21.9. The van der Waals surface area contributed by atoms with Crippen molar-refractivity contribution in [1.29, 1.82) is 0 Å². The molecule has 8 heteroatoms. The summed E-state index contributed by atoms with van der Waals surface area (Å²) in [5.74, 6) is 1.27. The largest absolute Gasteiger partial charge is 0.296 e. The number of hydrogen-bond donors (Lipinski definition) is 1. The number of carbonyl (C=O) groups is 1. The van der Waals surface area contributed by atoms with Gasteiger partial charge >= 0.3 is 0 Å². The predicted octanol–water partition coefficient (Wildman–Crippen LogP) is 1.71. The molecule has 0 bridgehead atoms. The van der Waals surface area contributed by atoms with Gasteiger partial charge in [0.1, 0.15) is 10.9 Å². The van der Waals surface area contributed by atoms with Gasteiger partial charge in [0.25, 0.3) is 0 Å². The fraction of sp³-hybridized carbons (Fsp3) is 0.400. The Labute approximate surface area is 116 Å². The van der Waals surface area contributed by atoms with E-state index in [-0.39, 0.29) is 11.8 Å². The Morgan fingerprint density at radius 1 is 1.56 bits per heavy atom. The number of aromatic nitrogens is 4. The number of nitrogens with one attached hydrogen (secondary N) is 1. The Morgan fingerprint density at radius 2 is 2.39 bits per heavy atom. The maximum atomic E-state index is 12.0. The molecule has 0 aliphatic carbocycles. The van der Waals surface area contributed by atoms with E-state index in [9.17, 15) is 4.79 Å². The summed E-state index contributed by atoms with van der Waals surface area (Å²) in [7, 11) is 0. The first-order valence-corrected chi connectivity index (χ1v) is 6.74. The van der Waals surface area contributed by atoms with Crippen LogP contribution in [0.4, 0.5) is 5.82 Å². The molecule has 1 N–H and O–H groups in total. The summed E-state index contributed by atoms with van der Waals surface area (Å²) in [6.45, 7) is 0.589. The molecule has 1 amide bonds. The zero-order valence-electron chi connectivity index (χ0n) is 9.23. The highest BCUT2D eigenvalue weighted by Crippen LogP contribution is 2.32. The molecule has 0 aromatic carbocycles. The summed E-state index contributed by atoms with van der Waals surface area (Å²) in [5, 5.41) is 7.53. The number of hydrogen-bond acceptors (Lipinski definition) is 4. The van der Waals surface area contributed by atoms with Crippen LogP contribution in [0.15, 0.2) is 10.9 Å². The second kappa shape index (κ2) is 4.47. The summed E-state index contributed by atoms with van der Waals surface area (Å²) >= 11 is 9.17. The van der Waals surface area contributed by atoms with Gasteiger partial charge in [0.05, 0.1) is 5.39 Å². The van der Waals surface area contributed by atoms with E-state index in [4.69, 9.17) is 11.6 Å². The number of amides is 1. The second-order valence-electron chi connectivity index (χ2n) is 4.16. The summed E-state index contributed by atoms with van der Waals surface area (Å²) < 4.78 is 0.676. The van der Waals surface area contributed by atoms with Crippen molar-refractivity contribution in [3.63, 3.8) is 0 Å². The third-order valence-corrected chi connectivity index (χ3v) is 3.98. The smallest absolute Gasteiger partial charge is 0.228 e. The van der Waals surface area contributed by atoms with E-state index in [1.165, 1.54) is 6.33 Å². The maximum Gasteiger partial charge on any atom is 0.228 e. The minimum Gasteiger partial charge on any atom is -0.296 e. The lowest BCUT2D eigenvalue weighted by atomic mass is 10.1. The third kappa shape index (κ3) is 1.78. The Hall–Kier alpha value is -1.21. The van der Waals surface area contributed by atoms with Gasteiger partial charge in [0.15, 0.2) is 11.5 Å². The first-order chi connectivity index (χ1) is 8.70. The third-order valence-electron chi connectivity index (χ3n) is 2.97. The predicted molar refractivity (Wildman–Crippen MR) is 70.6 cm³/mol. The van der Waals surface area contributed by atoms with E-state index in [2.05, 4.69) is 36.1 Å². The van der Waals surface area contributed by atoms with Crippen molar-refractivity contribution >= 4 is 50.3 Å². The van der Waals surface area contributed by atoms with Crippen LogP contribution in [0.25, 0.3) is 11.0 Å². The highest BCUT2D eigenvalue weighted by Gasteiger charge is 2.32. The van der Waals surface area contributed by atoms with Crippen molar-refractivity contribution in [2.24, 2.45) is 5.92 Å². The topological polar surface area (TPSA) is 74.8 Å². The fourth-order valence-corrected chi connectivity index (χ4v) is 2.75. The molecular weight excluding hydrogens is 322 g/mol. The van der Waals surface area contributed by atoms with Crippen LogP contribution in [0.3, 0.4) is 0 Å². The van der Waals surface area contributed by atoms with Crippen molar-refractivity contribution < 1.29 is 4.79 Å². The lowest BCUT2D eigenvalue weighted by Gasteiger charge is -2.15. The van der Waals surface area contributed by atoms with Crippen LogP contribution in [-0.4, -0.2) is 38.5 Å². The Kier molecular flexibility index (Phi) is 2.95. The van der Waals surface area contributed by atoms with Crippen molar-refractivity contribution in [2.75, 3.05) is 17.3 Å². The molecule has 1 unspecified atom stereocenters. The monoisotopic (exact) mass is 329 g/mol. The van der Waals surface area contributed by atoms with E-state index < -0.39 is 0 Å². The Bertz CT molecular complexity index is 615. The Morgan fingerprint density at radius 3 is 3.11 bits per heavy atom. The number of carbonyl (C=O) groups excluding carboxylic acids is 1. The average molecular weight is 331 g/mol. The molecule has 1 saturated heterocycles.